The van der Waals surface area contributed by atoms with Crippen molar-refractivity contribution in [3.8, 4) is 11.8 Å². The molecule has 2 aromatic rings. The summed E-state index contributed by atoms with van der Waals surface area (Å²) in [5.74, 6) is 0.200. The molecule has 2 N–H and O–H groups in total. The molecule has 0 saturated carbocycles. The van der Waals surface area contributed by atoms with Gasteiger partial charge in [-0.3, -0.25) is 0 Å². The molecular weight excluding hydrogens is 224 g/mol. The van der Waals surface area contributed by atoms with Crippen LogP contribution in [0.2, 0.25) is 0 Å². The molecule has 0 heterocycles. The number of nitrogens with one attached hydrogen (secondary N) is 1. The maximum Gasteiger partial charge on any atom is 0.140 e. The lowest BCUT2D eigenvalue weighted by atomic mass is 10.1. The first-order valence-corrected chi connectivity index (χ1v) is 5.71. The maximum atomic E-state index is 9.23. The average Bonchev–Trinajstić information content (AvgIpc) is 2.39. The highest BCUT2D eigenvalue weighted by Gasteiger charge is 2.09. The molecule has 0 spiro atoms. The second kappa shape index (κ2) is 5.24. The smallest absolute Gasteiger partial charge is 0.140 e. The van der Waals surface area contributed by atoms with Gasteiger partial charge < -0.3 is 10.4 Å². The molecule has 0 amide bonds. The van der Waals surface area contributed by atoms with Gasteiger partial charge in [-0.05, 0) is 36.8 Å². The van der Waals surface area contributed by atoms with Crippen molar-refractivity contribution >= 4 is 5.69 Å². The zero-order chi connectivity index (χ0) is 13.0. The first-order chi connectivity index (χ1) is 8.69. The van der Waals surface area contributed by atoms with E-state index in [1.165, 1.54) is 5.56 Å². The minimum absolute atomic E-state index is 0.200. The van der Waals surface area contributed by atoms with Gasteiger partial charge in [-0.2, -0.15) is 5.26 Å². The van der Waals surface area contributed by atoms with Gasteiger partial charge in [0, 0.05) is 5.69 Å². The molecule has 0 radical (unpaired) electrons. The van der Waals surface area contributed by atoms with Crippen LogP contribution in [0.15, 0.2) is 48.5 Å². The number of nitriles is 1. The minimum atomic E-state index is -0.423. The molecule has 0 aromatic heterocycles. The van der Waals surface area contributed by atoms with Gasteiger partial charge in [0.25, 0.3) is 0 Å². The first kappa shape index (κ1) is 12.0. The van der Waals surface area contributed by atoms with E-state index in [9.17, 15) is 10.4 Å². The average molecular weight is 238 g/mol. The van der Waals surface area contributed by atoms with Crippen molar-refractivity contribution in [2.24, 2.45) is 0 Å². The SMILES string of the molecule is Cc1ccc(NC(C#N)c2ccc(O)cc2)cc1. The van der Waals surface area contributed by atoms with Crippen LogP contribution in [0.3, 0.4) is 0 Å². The van der Waals surface area contributed by atoms with Crippen LogP contribution in [0.4, 0.5) is 5.69 Å². The summed E-state index contributed by atoms with van der Waals surface area (Å²) in [5.41, 5.74) is 2.91. The van der Waals surface area contributed by atoms with Gasteiger partial charge in [0.2, 0.25) is 0 Å². The number of hydrogen-bond acceptors (Lipinski definition) is 3. The Balaban J connectivity index is 2.17. The Morgan fingerprint density at radius 1 is 1.06 bits per heavy atom. The van der Waals surface area contributed by atoms with E-state index < -0.39 is 6.04 Å². The normalized spacial score (nSPS) is 11.6. The lowest BCUT2D eigenvalue weighted by molar-refractivity contribution is 0.475. The first-order valence-electron chi connectivity index (χ1n) is 5.71. The third-order valence-corrected chi connectivity index (χ3v) is 2.72. The fourth-order valence-electron chi connectivity index (χ4n) is 1.67. The fourth-order valence-corrected chi connectivity index (χ4v) is 1.67. The monoisotopic (exact) mass is 238 g/mol. The molecule has 3 heteroatoms. The maximum absolute atomic E-state index is 9.23. The third kappa shape index (κ3) is 2.80. The van der Waals surface area contributed by atoms with E-state index in [4.69, 9.17) is 0 Å². The summed E-state index contributed by atoms with van der Waals surface area (Å²) in [6.45, 7) is 2.02. The molecule has 3 nitrogen and oxygen atoms in total. The number of aryl methyl sites for hydroxylation is 1. The Hall–Kier alpha value is -2.47. The second-order valence-corrected chi connectivity index (χ2v) is 4.16. The number of phenolic OH excluding ortho intramolecular Hbond substituents is 1. The molecule has 18 heavy (non-hydrogen) atoms. The van der Waals surface area contributed by atoms with E-state index in [1.54, 1.807) is 24.3 Å². The number of nitrogens with zero attached hydrogens (tertiary/aromatic N) is 1. The fraction of sp³-hybridized carbons (Fsp3) is 0.133. The molecule has 0 fully saturated rings. The van der Waals surface area contributed by atoms with Crippen molar-refractivity contribution in [2.75, 3.05) is 5.32 Å². The summed E-state index contributed by atoms with van der Waals surface area (Å²) in [7, 11) is 0. The number of phenols is 1. The van der Waals surface area contributed by atoms with E-state index in [-0.39, 0.29) is 5.75 Å². The van der Waals surface area contributed by atoms with Gasteiger partial charge in [-0.15, -0.1) is 0 Å². The number of hydrogen-bond donors (Lipinski definition) is 2. The van der Waals surface area contributed by atoms with Gasteiger partial charge in [-0.25, -0.2) is 0 Å². The summed E-state index contributed by atoms with van der Waals surface area (Å²) >= 11 is 0. The Labute approximate surface area is 106 Å². The zero-order valence-corrected chi connectivity index (χ0v) is 10.1. The van der Waals surface area contributed by atoms with Gasteiger partial charge in [0.15, 0.2) is 0 Å². The van der Waals surface area contributed by atoms with E-state index in [0.29, 0.717) is 0 Å². The molecule has 90 valence electrons. The van der Waals surface area contributed by atoms with Crippen molar-refractivity contribution in [3.63, 3.8) is 0 Å². The van der Waals surface area contributed by atoms with Crippen LogP contribution in [0, 0.1) is 18.3 Å². The number of aromatic hydroxyl groups is 1. The molecule has 0 aliphatic rings. The summed E-state index contributed by atoms with van der Waals surface area (Å²) in [5, 5.41) is 21.6. The van der Waals surface area contributed by atoms with Crippen LogP contribution in [0.1, 0.15) is 17.2 Å². The Bertz CT molecular complexity index is 553. The van der Waals surface area contributed by atoms with Crippen LogP contribution in [-0.2, 0) is 0 Å². The summed E-state index contributed by atoms with van der Waals surface area (Å²) in [4.78, 5) is 0. The molecule has 1 atom stereocenters. The molecule has 0 aliphatic heterocycles. The Morgan fingerprint density at radius 2 is 1.67 bits per heavy atom. The highest BCUT2D eigenvalue weighted by molar-refractivity contribution is 5.48. The molecule has 0 saturated heterocycles. The topological polar surface area (TPSA) is 56.0 Å². The van der Waals surface area contributed by atoms with Crippen LogP contribution in [0.5, 0.6) is 5.75 Å². The predicted octanol–water partition coefficient (Wildman–Crippen LogP) is 3.38. The number of rotatable bonds is 3. The van der Waals surface area contributed by atoms with Crippen molar-refractivity contribution in [1.82, 2.24) is 0 Å². The predicted molar refractivity (Wildman–Crippen MR) is 71.3 cm³/mol. The summed E-state index contributed by atoms with van der Waals surface area (Å²) in [6, 6.07) is 16.3. The largest absolute Gasteiger partial charge is 0.508 e. The molecule has 0 aliphatic carbocycles. The van der Waals surface area contributed by atoms with Crippen molar-refractivity contribution in [3.05, 3.63) is 59.7 Å². The Kier molecular flexibility index (Phi) is 3.49. The summed E-state index contributed by atoms with van der Waals surface area (Å²) < 4.78 is 0. The van der Waals surface area contributed by atoms with Gasteiger partial charge in [0.1, 0.15) is 11.8 Å². The lowest BCUT2D eigenvalue weighted by Gasteiger charge is -2.13. The summed E-state index contributed by atoms with van der Waals surface area (Å²) in [6.07, 6.45) is 0. The second-order valence-electron chi connectivity index (χ2n) is 4.16. The molecular formula is C15H14N2O. The molecule has 2 rings (SSSR count). The highest BCUT2D eigenvalue weighted by Crippen LogP contribution is 2.21. The highest BCUT2D eigenvalue weighted by atomic mass is 16.3. The van der Waals surface area contributed by atoms with Crippen LogP contribution in [0.25, 0.3) is 0 Å². The lowest BCUT2D eigenvalue weighted by Crippen LogP contribution is -2.08. The quantitative estimate of drug-likeness (QED) is 0.861. The minimum Gasteiger partial charge on any atom is -0.508 e. The van der Waals surface area contributed by atoms with E-state index >= 15 is 0 Å². The van der Waals surface area contributed by atoms with Crippen LogP contribution >= 0.6 is 0 Å². The third-order valence-electron chi connectivity index (χ3n) is 2.72. The van der Waals surface area contributed by atoms with E-state index in [2.05, 4.69) is 11.4 Å². The molecule has 0 bridgehead atoms. The van der Waals surface area contributed by atoms with Crippen LogP contribution in [-0.4, -0.2) is 5.11 Å². The van der Waals surface area contributed by atoms with Crippen molar-refractivity contribution in [1.29, 1.82) is 5.26 Å². The van der Waals surface area contributed by atoms with Crippen LogP contribution < -0.4 is 5.32 Å². The van der Waals surface area contributed by atoms with E-state index in [0.717, 1.165) is 11.3 Å². The van der Waals surface area contributed by atoms with Crippen molar-refractivity contribution in [2.45, 2.75) is 13.0 Å². The zero-order valence-electron chi connectivity index (χ0n) is 10.1. The van der Waals surface area contributed by atoms with Gasteiger partial charge >= 0.3 is 0 Å². The number of anilines is 1. The van der Waals surface area contributed by atoms with E-state index in [1.807, 2.05) is 31.2 Å². The standard InChI is InChI=1S/C15H14N2O/c1-11-2-6-13(7-3-11)17-15(10-16)12-4-8-14(18)9-5-12/h2-9,15,17-18H,1H3. The van der Waals surface area contributed by atoms with Crippen molar-refractivity contribution < 1.29 is 5.11 Å². The van der Waals surface area contributed by atoms with Gasteiger partial charge in [-0.1, -0.05) is 29.8 Å². The van der Waals surface area contributed by atoms with Gasteiger partial charge in [0.05, 0.1) is 6.07 Å². The Morgan fingerprint density at radius 3 is 2.22 bits per heavy atom. The molecule has 1 unspecified atom stereocenters. The molecule has 2 aromatic carbocycles. The number of benzene rings is 2.